The highest BCUT2D eigenvalue weighted by Gasteiger charge is 2.20. The zero-order chi connectivity index (χ0) is 11.4. The minimum Gasteiger partial charge on any atom is -0.397 e. The summed E-state index contributed by atoms with van der Waals surface area (Å²) in [5.74, 6) is 1.67. The molecule has 1 aliphatic heterocycles. The molecule has 1 saturated heterocycles. The number of rotatable bonds is 4. The van der Waals surface area contributed by atoms with E-state index in [1.807, 2.05) is 12.1 Å². The summed E-state index contributed by atoms with van der Waals surface area (Å²) in [6.45, 7) is 6.83. The Morgan fingerprint density at radius 1 is 1.56 bits per heavy atom. The highest BCUT2D eigenvalue weighted by Crippen LogP contribution is 2.16. The molecule has 3 N–H and O–H groups in total. The fourth-order valence-electron chi connectivity index (χ4n) is 2.13. The second-order valence-corrected chi connectivity index (χ2v) is 4.41. The van der Waals surface area contributed by atoms with Crippen LogP contribution in [-0.4, -0.2) is 36.1 Å². The third-order valence-electron chi connectivity index (χ3n) is 3.18. The van der Waals surface area contributed by atoms with Crippen molar-refractivity contribution in [3.8, 4) is 0 Å². The average molecular weight is 220 g/mol. The topological polar surface area (TPSA) is 54.2 Å². The molecule has 0 bridgehead atoms. The molecule has 1 aromatic rings. The van der Waals surface area contributed by atoms with Gasteiger partial charge < -0.3 is 16.0 Å². The molecule has 16 heavy (non-hydrogen) atoms. The molecule has 0 aromatic carbocycles. The van der Waals surface area contributed by atoms with Crippen LogP contribution in [0.5, 0.6) is 0 Å². The van der Waals surface area contributed by atoms with Gasteiger partial charge in [0.15, 0.2) is 0 Å². The average Bonchev–Trinajstić information content (AvgIpc) is 2.76. The lowest BCUT2D eigenvalue weighted by Crippen LogP contribution is -2.22. The maximum atomic E-state index is 5.58. The number of anilines is 2. The van der Waals surface area contributed by atoms with Crippen molar-refractivity contribution in [3.05, 3.63) is 18.3 Å². The Hall–Kier alpha value is -1.29. The summed E-state index contributed by atoms with van der Waals surface area (Å²) in [5.41, 5.74) is 6.30. The van der Waals surface area contributed by atoms with Crippen LogP contribution in [0.2, 0.25) is 0 Å². The van der Waals surface area contributed by atoms with Crippen LogP contribution in [-0.2, 0) is 0 Å². The van der Waals surface area contributed by atoms with Crippen molar-refractivity contribution < 1.29 is 0 Å². The highest BCUT2D eigenvalue weighted by molar-refractivity contribution is 5.43. The summed E-state index contributed by atoms with van der Waals surface area (Å²) < 4.78 is 0. The minimum atomic E-state index is 0.712. The van der Waals surface area contributed by atoms with E-state index in [2.05, 4.69) is 22.1 Å². The van der Waals surface area contributed by atoms with Gasteiger partial charge >= 0.3 is 0 Å². The van der Waals surface area contributed by atoms with Gasteiger partial charge in [-0.05, 0) is 37.6 Å². The van der Waals surface area contributed by atoms with Crippen molar-refractivity contribution in [2.75, 3.05) is 37.2 Å². The largest absolute Gasteiger partial charge is 0.397 e. The summed E-state index contributed by atoms with van der Waals surface area (Å²) >= 11 is 0. The quantitative estimate of drug-likeness (QED) is 0.805. The summed E-state index contributed by atoms with van der Waals surface area (Å²) in [6.07, 6.45) is 2.98. The number of nitrogens with one attached hydrogen (secondary N) is 1. The van der Waals surface area contributed by atoms with Crippen molar-refractivity contribution in [3.63, 3.8) is 0 Å². The molecule has 2 heterocycles. The van der Waals surface area contributed by atoms with Crippen LogP contribution in [0.25, 0.3) is 0 Å². The summed E-state index contributed by atoms with van der Waals surface area (Å²) in [4.78, 5) is 6.72. The Kier molecular flexibility index (Phi) is 3.62. The van der Waals surface area contributed by atoms with Gasteiger partial charge in [-0.25, -0.2) is 4.98 Å². The molecule has 0 spiro atoms. The van der Waals surface area contributed by atoms with Crippen LogP contribution < -0.4 is 11.1 Å². The molecule has 4 nitrogen and oxygen atoms in total. The molecule has 0 saturated carbocycles. The third kappa shape index (κ3) is 2.85. The second-order valence-electron chi connectivity index (χ2n) is 4.41. The normalized spacial score (nSPS) is 21.2. The van der Waals surface area contributed by atoms with Gasteiger partial charge in [0.25, 0.3) is 0 Å². The van der Waals surface area contributed by atoms with Crippen molar-refractivity contribution in [1.29, 1.82) is 0 Å². The molecular weight excluding hydrogens is 200 g/mol. The van der Waals surface area contributed by atoms with Crippen LogP contribution in [0.15, 0.2) is 18.3 Å². The predicted octanol–water partition coefficient (Wildman–Crippen LogP) is 1.42. The zero-order valence-corrected chi connectivity index (χ0v) is 9.82. The van der Waals surface area contributed by atoms with Gasteiger partial charge in [0.2, 0.25) is 0 Å². The molecule has 88 valence electrons. The lowest BCUT2D eigenvalue weighted by atomic mass is 10.1. The lowest BCUT2D eigenvalue weighted by Gasteiger charge is -2.14. The van der Waals surface area contributed by atoms with Crippen LogP contribution in [0.1, 0.15) is 13.3 Å². The predicted molar refractivity (Wildman–Crippen MR) is 67.4 cm³/mol. The first-order chi connectivity index (χ1) is 7.78. The maximum Gasteiger partial charge on any atom is 0.126 e. The van der Waals surface area contributed by atoms with Gasteiger partial charge in [0.05, 0.1) is 11.9 Å². The minimum absolute atomic E-state index is 0.712. The van der Waals surface area contributed by atoms with Gasteiger partial charge in [0.1, 0.15) is 5.82 Å². The smallest absolute Gasteiger partial charge is 0.126 e. The molecule has 0 aliphatic carbocycles. The van der Waals surface area contributed by atoms with E-state index in [1.165, 1.54) is 19.5 Å². The molecule has 0 amide bonds. The monoisotopic (exact) mass is 220 g/mol. The third-order valence-corrected chi connectivity index (χ3v) is 3.18. The van der Waals surface area contributed by atoms with E-state index in [0.29, 0.717) is 5.69 Å². The standard InChI is InChI=1S/C12H20N4/c1-2-16-6-5-10(9-16)7-14-12-4-3-11(13)8-15-12/h3-4,8,10H,2,5-7,9,13H2,1H3,(H,14,15). The van der Waals surface area contributed by atoms with Gasteiger partial charge in [-0.15, -0.1) is 0 Å². The van der Waals surface area contributed by atoms with Crippen molar-refractivity contribution in [2.45, 2.75) is 13.3 Å². The van der Waals surface area contributed by atoms with E-state index in [4.69, 9.17) is 5.73 Å². The number of pyridine rings is 1. The zero-order valence-electron chi connectivity index (χ0n) is 9.82. The fraction of sp³-hybridized carbons (Fsp3) is 0.583. The van der Waals surface area contributed by atoms with Gasteiger partial charge in [-0.3, -0.25) is 0 Å². The fourth-order valence-corrected chi connectivity index (χ4v) is 2.13. The van der Waals surface area contributed by atoms with Crippen molar-refractivity contribution >= 4 is 11.5 Å². The van der Waals surface area contributed by atoms with Crippen LogP contribution in [0, 0.1) is 5.92 Å². The number of likely N-dealkylation sites (tertiary alicyclic amines) is 1. The van der Waals surface area contributed by atoms with Crippen LogP contribution >= 0.6 is 0 Å². The molecule has 0 radical (unpaired) electrons. The molecule has 1 aliphatic rings. The Morgan fingerprint density at radius 2 is 2.44 bits per heavy atom. The molecule has 1 atom stereocenters. The first-order valence-corrected chi connectivity index (χ1v) is 5.95. The molecule has 1 unspecified atom stereocenters. The Labute approximate surface area is 96.8 Å². The van der Waals surface area contributed by atoms with E-state index in [9.17, 15) is 0 Å². The van der Waals surface area contributed by atoms with Crippen LogP contribution in [0.4, 0.5) is 11.5 Å². The van der Waals surface area contributed by atoms with E-state index >= 15 is 0 Å². The van der Waals surface area contributed by atoms with Crippen LogP contribution in [0.3, 0.4) is 0 Å². The molecule has 2 rings (SSSR count). The Bertz CT molecular complexity index is 322. The summed E-state index contributed by atoms with van der Waals surface area (Å²) in [6, 6.07) is 3.81. The molecular formula is C12H20N4. The van der Waals surface area contributed by atoms with Crippen molar-refractivity contribution in [2.24, 2.45) is 5.92 Å². The summed E-state index contributed by atoms with van der Waals surface area (Å²) in [5, 5.41) is 3.37. The lowest BCUT2D eigenvalue weighted by molar-refractivity contribution is 0.345. The number of hydrogen-bond acceptors (Lipinski definition) is 4. The summed E-state index contributed by atoms with van der Waals surface area (Å²) in [7, 11) is 0. The highest BCUT2D eigenvalue weighted by atomic mass is 15.1. The van der Waals surface area contributed by atoms with E-state index in [0.717, 1.165) is 24.8 Å². The number of hydrogen-bond donors (Lipinski definition) is 2. The first kappa shape index (κ1) is 11.2. The van der Waals surface area contributed by atoms with E-state index in [1.54, 1.807) is 6.20 Å². The number of nitrogen functional groups attached to an aromatic ring is 1. The van der Waals surface area contributed by atoms with E-state index < -0.39 is 0 Å². The Morgan fingerprint density at radius 3 is 3.06 bits per heavy atom. The number of aromatic nitrogens is 1. The van der Waals surface area contributed by atoms with Gasteiger partial charge in [-0.2, -0.15) is 0 Å². The Balaban J connectivity index is 1.77. The van der Waals surface area contributed by atoms with Crippen molar-refractivity contribution in [1.82, 2.24) is 9.88 Å². The number of nitrogens with two attached hydrogens (primary N) is 1. The maximum absolute atomic E-state index is 5.58. The molecule has 4 heteroatoms. The number of nitrogens with zero attached hydrogens (tertiary/aromatic N) is 2. The van der Waals surface area contributed by atoms with E-state index in [-0.39, 0.29) is 0 Å². The first-order valence-electron chi connectivity index (χ1n) is 5.95. The van der Waals surface area contributed by atoms with Gasteiger partial charge in [0, 0.05) is 13.1 Å². The molecule has 1 fully saturated rings. The SMILES string of the molecule is CCN1CCC(CNc2ccc(N)cn2)C1. The molecule has 1 aromatic heterocycles. The van der Waals surface area contributed by atoms with Gasteiger partial charge in [-0.1, -0.05) is 6.92 Å². The second kappa shape index (κ2) is 5.16.